The van der Waals surface area contributed by atoms with Crippen LogP contribution >= 0.6 is 11.3 Å². The van der Waals surface area contributed by atoms with Gasteiger partial charge in [0.2, 0.25) is 0 Å². The third kappa shape index (κ3) is 6.58. The molecular weight excluding hydrogens is 438 g/mol. The van der Waals surface area contributed by atoms with Gasteiger partial charge >= 0.3 is 5.97 Å². The Morgan fingerprint density at radius 1 is 0.909 bits per heavy atom. The average molecular weight is 468 g/mol. The number of methoxy groups -OCH3 is 1. The molecule has 1 heterocycles. The van der Waals surface area contributed by atoms with Crippen molar-refractivity contribution in [3.63, 3.8) is 0 Å². The summed E-state index contributed by atoms with van der Waals surface area (Å²) < 4.78 is 16.2. The molecule has 0 aliphatic carbocycles. The molecule has 3 rings (SSSR count). The van der Waals surface area contributed by atoms with E-state index in [1.54, 1.807) is 0 Å². The van der Waals surface area contributed by atoms with Crippen LogP contribution in [0.4, 0.5) is 5.00 Å². The number of amides is 1. The van der Waals surface area contributed by atoms with Gasteiger partial charge in [-0.2, -0.15) is 0 Å². The Bertz CT molecular complexity index is 1060. The highest BCUT2D eigenvalue weighted by Crippen LogP contribution is 2.36. The highest BCUT2D eigenvalue weighted by molar-refractivity contribution is 7.15. The molecule has 6 nitrogen and oxygen atoms in total. The summed E-state index contributed by atoms with van der Waals surface area (Å²) in [6.07, 6.45) is 3.01. The predicted octanol–water partition coefficient (Wildman–Crippen LogP) is 5.96. The summed E-state index contributed by atoms with van der Waals surface area (Å²) >= 11 is 1.27. The topological polar surface area (TPSA) is 73.9 Å². The van der Waals surface area contributed by atoms with Crippen LogP contribution in [0.15, 0.2) is 53.9 Å². The number of aryl methyl sites for hydroxylation is 1. The Kier molecular flexibility index (Phi) is 8.89. The fourth-order valence-electron chi connectivity index (χ4n) is 3.27. The van der Waals surface area contributed by atoms with E-state index in [1.165, 1.54) is 24.0 Å². The lowest BCUT2D eigenvalue weighted by Gasteiger charge is -2.10. The van der Waals surface area contributed by atoms with Gasteiger partial charge in [-0.15, -0.1) is 11.3 Å². The van der Waals surface area contributed by atoms with Crippen molar-refractivity contribution in [3.8, 4) is 22.6 Å². The maximum atomic E-state index is 12.5. The molecule has 7 heteroatoms. The van der Waals surface area contributed by atoms with Gasteiger partial charge in [-0.05, 0) is 48.2 Å². The van der Waals surface area contributed by atoms with Gasteiger partial charge in [-0.3, -0.25) is 4.79 Å². The molecule has 0 saturated carbocycles. The van der Waals surface area contributed by atoms with Crippen LogP contribution in [0.5, 0.6) is 11.5 Å². The number of hydrogen-bond donors (Lipinski definition) is 1. The van der Waals surface area contributed by atoms with Crippen LogP contribution in [0.2, 0.25) is 0 Å². The molecule has 0 radical (unpaired) electrons. The molecule has 1 amide bonds. The van der Waals surface area contributed by atoms with Crippen molar-refractivity contribution in [1.82, 2.24) is 0 Å². The number of hydrogen-bond acceptors (Lipinski definition) is 6. The molecule has 0 aliphatic heterocycles. The summed E-state index contributed by atoms with van der Waals surface area (Å²) in [4.78, 5) is 25.0. The van der Waals surface area contributed by atoms with E-state index in [4.69, 9.17) is 14.2 Å². The van der Waals surface area contributed by atoms with Crippen molar-refractivity contribution >= 4 is 28.2 Å². The number of nitrogens with one attached hydrogen (secondary N) is 1. The van der Waals surface area contributed by atoms with Crippen molar-refractivity contribution < 1.29 is 23.8 Å². The van der Waals surface area contributed by atoms with E-state index in [0.717, 1.165) is 30.6 Å². The van der Waals surface area contributed by atoms with Gasteiger partial charge in [-0.25, -0.2) is 4.79 Å². The third-order valence-corrected chi connectivity index (χ3v) is 5.80. The maximum absolute atomic E-state index is 12.5. The van der Waals surface area contributed by atoms with E-state index in [0.29, 0.717) is 28.5 Å². The van der Waals surface area contributed by atoms with E-state index < -0.39 is 5.97 Å². The largest absolute Gasteiger partial charge is 0.494 e. The zero-order valence-electron chi connectivity index (χ0n) is 19.2. The van der Waals surface area contributed by atoms with Crippen LogP contribution in [0.25, 0.3) is 11.1 Å². The number of benzene rings is 2. The Balaban J connectivity index is 1.70. The molecule has 0 atom stereocenters. The van der Waals surface area contributed by atoms with Gasteiger partial charge in [0.1, 0.15) is 22.1 Å². The molecule has 174 valence electrons. The molecule has 33 heavy (non-hydrogen) atoms. The van der Waals surface area contributed by atoms with E-state index in [2.05, 4.69) is 12.2 Å². The molecule has 0 fully saturated rings. The van der Waals surface area contributed by atoms with Crippen LogP contribution in [-0.4, -0.2) is 32.2 Å². The summed E-state index contributed by atoms with van der Waals surface area (Å²) in [5.41, 5.74) is 3.08. The molecule has 0 saturated heterocycles. The lowest BCUT2D eigenvalue weighted by atomic mass is 10.0. The zero-order chi connectivity index (χ0) is 23.6. The van der Waals surface area contributed by atoms with Crippen molar-refractivity contribution in [2.45, 2.75) is 33.1 Å². The first-order chi connectivity index (χ1) is 16.0. The Morgan fingerprint density at radius 2 is 1.58 bits per heavy atom. The first-order valence-electron chi connectivity index (χ1n) is 11.0. The first kappa shape index (κ1) is 24.3. The van der Waals surface area contributed by atoms with Crippen molar-refractivity contribution in [1.29, 1.82) is 0 Å². The van der Waals surface area contributed by atoms with Crippen molar-refractivity contribution in [2.24, 2.45) is 0 Å². The summed E-state index contributed by atoms with van der Waals surface area (Å²) in [5.74, 6) is 0.522. The minimum absolute atomic E-state index is 0.162. The van der Waals surface area contributed by atoms with Gasteiger partial charge in [0.25, 0.3) is 5.91 Å². The number of carbonyl (C=O) groups excluding carboxylic acids is 2. The van der Waals surface area contributed by atoms with Crippen molar-refractivity contribution in [2.75, 3.05) is 25.6 Å². The van der Waals surface area contributed by atoms with Crippen LogP contribution in [0, 0.1) is 0 Å². The molecular formula is C26H29NO5S. The highest BCUT2D eigenvalue weighted by Gasteiger charge is 2.22. The predicted molar refractivity (Wildman–Crippen MR) is 131 cm³/mol. The summed E-state index contributed by atoms with van der Waals surface area (Å²) in [6.45, 7) is 4.66. The van der Waals surface area contributed by atoms with Crippen molar-refractivity contribution in [3.05, 3.63) is 65.0 Å². The second-order valence-corrected chi connectivity index (χ2v) is 8.33. The van der Waals surface area contributed by atoms with E-state index >= 15 is 0 Å². The molecule has 0 unspecified atom stereocenters. The van der Waals surface area contributed by atoms with Crippen LogP contribution in [0.3, 0.4) is 0 Å². The maximum Gasteiger partial charge on any atom is 0.341 e. The second-order valence-electron chi connectivity index (χ2n) is 7.45. The normalized spacial score (nSPS) is 10.5. The molecule has 0 aliphatic rings. The molecule has 0 spiro atoms. The summed E-state index contributed by atoms with van der Waals surface area (Å²) in [7, 11) is 1.32. The minimum Gasteiger partial charge on any atom is -0.494 e. The lowest BCUT2D eigenvalue weighted by Crippen LogP contribution is -2.21. The van der Waals surface area contributed by atoms with Gasteiger partial charge in [0.15, 0.2) is 6.61 Å². The SMILES string of the molecule is CCCOc1ccc(-c2csc(NC(=O)COc3ccc(CCC)cc3)c2C(=O)OC)cc1. The highest BCUT2D eigenvalue weighted by atomic mass is 32.1. The second kappa shape index (κ2) is 12.1. The quantitative estimate of drug-likeness (QED) is 0.352. The number of anilines is 1. The average Bonchev–Trinajstić information content (AvgIpc) is 3.25. The first-order valence-corrected chi connectivity index (χ1v) is 11.9. The molecule has 1 N–H and O–H groups in total. The smallest absolute Gasteiger partial charge is 0.341 e. The monoisotopic (exact) mass is 467 g/mol. The van der Waals surface area contributed by atoms with E-state index in [1.807, 2.05) is 60.8 Å². The van der Waals surface area contributed by atoms with Crippen LogP contribution in [-0.2, 0) is 16.0 Å². The van der Waals surface area contributed by atoms with Gasteiger partial charge in [-0.1, -0.05) is 44.5 Å². The zero-order valence-corrected chi connectivity index (χ0v) is 20.0. The lowest BCUT2D eigenvalue weighted by molar-refractivity contribution is -0.118. The Labute approximate surface area is 198 Å². The van der Waals surface area contributed by atoms with Crippen LogP contribution < -0.4 is 14.8 Å². The summed E-state index contributed by atoms with van der Waals surface area (Å²) in [6, 6.07) is 15.2. The molecule has 1 aromatic heterocycles. The third-order valence-electron chi connectivity index (χ3n) is 4.90. The minimum atomic E-state index is -0.514. The van der Waals surface area contributed by atoms with Crippen LogP contribution in [0.1, 0.15) is 42.6 Å². The fraction of sp³-hybridized carbons (Fsp3) is 0.308. The number of thiophene rings is 1. The van der Waals surface area contributed by atoms with Gasteiger partial charge in [0.05, 0.1) is 13.7 Å². The van der Waals surface area contributed by atoms with E-state index in [9.17, 15) is 9.59 Å². The molecule has 3 aromatic rings. The number of ether oxygens (including phenoxy) is 3. The van der Waals surface area contributed by atoms with E-state index in [-0.39, 0.29) is 12.5 Å². The summed E-state index contributed by atoms with van der Waals surface area (Å²) in [5, 5.41) is 5.04. The standard InChI is InChI=1S/C26H29NO5S/c1-4-6-18-7-11-21(12-8-18)32-16-23(28)27-25-24(26(29)30-3)22(17-33-25)19-9-13-20(14-10-19)31-15-5-2/h7-14,17H,4-6,15-16H2,1-3H3,(H,27,28). The Morgan fingerprint density at radius 3 is 2.21 bits per heavy atom. The number of esters is 1. The molecule has 0 bridgehead atoms. The Hall–Kier alpha value is -3.32. The van der Waals surface area contributed by atoms with Gasteiger partial charge < -0.3 is 19.5 Å². The number of carbonyl (C=O) groups is 2. The molecule has 2 aromatic carbocycles. The van der Waals surface area contributed by atoms with Gasteiger partial charge in [0, 0.05) is 10.9 Å². The number of rotatable bonds is 11. The fourth-order valence-corrected chi connectivity index (χ4v) is 4.24.